The number of hydrogen-bond donors (Lipinski definition) is 1. The van der Waals surface area contributed by atoms with Gasteiger partial charge in [0.15, 0.2) is 0 Å². The Hall–Kier alpha value is -1.74. The molecular weight excluding hydrogens is 302 g/mol. The van der Waals surface area contributed by atoms with Gasteiger partial charge in [0.25, 0.3) is 0 Å². The van der Waals surface area contributed by atoms with E-state index in [-0.39, 0.29) is 17.2 Å². The highest BCUT2D eigenvalue weighted by Gasteiger charge is 2.18. The van der Waals surface area contributed by atoms with Gasteiger partial charge in [-0.15, -0.1) is 11.8 Å². The number of benzene rings is 2. The Kier molecular flexibility index (Phi) is 5.89. The molecule has 0 saturated carbocycles. The molecule has 0 spiro atoms. The molecular formula is C20H25NOS. The summed E-state index contributed by atoms with van der Waals surface area (Å²) < 4.78 is 0. The molecule has 2 aromatic carbocycles. The van der Waals surface area contributed by atoms with Crippen LogP contribution in [-0.4, -0.2) is 11.2 Å². The third kappa shape index (κ3) is 4.87. The van der Waals surface area contributed by atoms with E-state index in [1.165, 1.54) is 22.3 Å². The summed E-state index contributed by atoms with van der Waals surface area (Å²) in [6.07, 6.45) is 0. The third-order valence-corrected chi connectivity index (χ3v) is 5.08. The largest absolute Gasteiger partial charge is 0.349 e. The average molecular weight is 327 g/mol. The quantitative estimate of drug-likeness (QED) is 0.786. The summed E-state index contributed by atoms with van der Waals surface area (Å²) in [5.41, 5.74) is 4.84. The number of carbonyl (C=O) groups is 1. The maximum Gasteiger partial charge on any atom is 0.233 e. The Morgan fingerprint density at radius 2 is 1.57 bits per heavy atom. The van der Waals surface area contributed by atoms with E-state index in [0.29, 0.717) is 0 Å². The molecule has 3 heteroatoms. The van der Waals surface area contributed by atoms with Gasteiger partial charge < -0.3 is 5.32 Å². The minimum Gasteiger partial charge on any atom is -0.349 e. The molecule has 0 aliphatic rings. The van der Waals surface area contributed by atoms with Crippen LogP contribution in [0.15, 0.2) is 47.4 Å². The third-order valence-electron chi connectivity index (χ3n) is 3.96. The molecule has 2 atom stereocenters. The average Bonchev–Trinajstić information content (AvgIpc) is 2.51. The smallest absolute Gasteiger partial charge is 0.233 e. The molecule has 1 amide bonds. The Bertz CT molecular complexity index is 679. The first-order valence-corrected chi connectivity index (χ1v) is 8.85. The SMILES string of the molecule is Cc1ccc(S[C@@H](C)C(=O)N[C@H](C)c2cc(C)ccc2C)cc1. The molecule has 0 aromatic heterocycles. The van der Waals surface area contributed by atoms with Gasteiger partial charge >= 0.3 is 0 Å². The summed E-state index contributed by atoms with van der Waals surface area (Å²) in [7, 11) is 0. The lowest BCUT2D eigenvalue weighted by atomic mass is 10.00. The first kappa shape index (κ1) is 17.6. The monoisotopic (exact) mass is 327 g/mol. The van der Waals surface area contributed by atoms with E-state index >= 15 is 0 Å². The standard InChI is InChI=1S/C20H25NOS/c1-13-7-10-18(11-8-13)23-17(5)20(22)21-16(4)19-12-14(2)6-9-15(19)3/h6-12,16-17H,1-5H3,(H,21,22)/t16-,17+/m1/s1. The predicted octanol–water partition coefficient (Wildman–Crippen LogP) is 4.97. The van der Waals surface area contributed by atoms with Crippen LogP contribution in [0.25, 0.3) is 0 Å². The molecule has 0 aliphatic heterocycles. The van der Waals surface area contributed by atoms with Crippen LogP contribution in [0.4, 0.5) is 0 Å². The van der Waals surface area contributed by atoms with Gasteiger partial charge in [0.2, 0.25) is 5.91 Å². The fourth-order valence-electron chi connectivity index (χ4n) is 2.51. The lowest BCUT2D eigenvalue weighted by molar-refractivity contribution is -0.120. The fourth-order valence-corrected chi connectivity index (χ4v) is 3.39. The van der Waals surface area contributed by atoms with Crippen LogP contribution in [0.2, 0.25) is 0 Å². The van der Waals surface area contributed by atoms with Gasteiger partial charge in [-0.05, 0) is 57.9 Å². The molecule has 23 heavy (non-hydrogen) atoms. The number of thioether (sulfide) groups is 1. The van der Waals surface area contributed by atoms with E-state index in [1.807, 2.05) is 13.8 Å². The fraction of sp³-hybridized carbons (Fsp3) is 0.350. The first-order valence-electron chi connectivity index (χ1n) is 7.97. The maximum atomic E-state index is 12.5. The molecule has 0 saturated heterocycles. The Labute approximate surface area is 143 Å². The molecule has 122 valence electrons. The van der Waals surface area contributed by atoms with Crippen molar-refractivity contribution in [3.8, 4) is 0 Å². The van der Waals surface area contributed by atoms with Gasteiger partial charge in [-0.25, -0.2) is 0 Å². The number of aryl methyl sites for hydroxylation is 3. The molecule has 0 bridgehead atoms. The van der Waals surface area contributed by atoms with E-state index in [0.717, 1.165) is 4.90 Å². The number of carbonyl (C=O) groups excluding carboxylic acids is 1. The molecule has 0 fully saturated rings. The minimum atomic E-state index is -0.120. The first-order chi connectivity index (χ1) is 10.9. The van der Waals surface area contributed by atoms with Crippen molar-refractivity contribution in [1.29, 1.82) is 0 Å². The van der Waals surface area contributed by atoms with Gasteiger partial charge in [0.05, 0.1) is 11.3 Å². The molecule has 0 radical (unpaired) electrons. The molecule has 2 aromatic rings. The molecule has 0 heterocycles. The topological polar surface area (TPSA) is 29.1 Å². The van der Waals surface area contributed by atoms with Crippen LogP contribution >= 0.6 is 11.8 Å². The van der Waals surface area contributed by atoms with Gasteiger partial charge in [0.1, 0.15) is 0 Å². The van der Waals surface area contributed by atoms with Gasteiger partial charge in [-0.2, -0.15) is 0 Å². The summed E-state index contributed by atoms with van der Waals surface area (Å²) in [6.45, 7) is 10.2. The lowest BCUT2D eigenvalue weighted by Gasteiger charge is -2.20. The summed E-state index contributed by atoms with van der Waals surface area (Å²) in [5, 5.41) is 3.02. The van der Waals surface area contributed by atoms with Crippen LogP contribution in [0.5, 0.6) is 0 Å². The minimum absolute atomic E-state index is 0.0171. The Morgan fingerprint density at radius 3 is 2.22 bits per heavy atom. The van der Waals surface area contributed by atoms with Crippen LogP contribution in [-0.2, 0) is 4.79 Å². The van der Waals surface area contributed by atoms with Crippen molar-refractivity contribution in [2.24, 2.45) is 0 Å². The Morgan fingerprint density at radius 1 is 0.957 bits per heavy atom. The summed E-state index contributed by atoms with van der Waals surface area (Å²) in [6, 6.07) is 14.7. The zero-order chi connectivity index (χ0) is 17.0. The Balaban J connectivity index is 2.00. The van der Waals surface area contributed by atoms with Crippen molar-refractivity contribution < 1.29 is 4.79 Å². The van der Waals surface area contributed by atoms with Crippen LogP contribution in [0, 0.1) is 20.8 Å². The second-order valence-electron chi connectivity index (χ2n) is 6.16. The van der Waals surface area contributed by atoms with Crippen molar-refractivity contribution >= 4 is 17.7 Å². The van der Waals surface area contributed by atoms with Crippen molar-refractivity contribution in [2.45, 2.75) is 50.8 Å². The number of amides is 1. The van der Waals surface area contributed by atoms with Crippen molar-refractivity contribution in [1.82, 2.24) is 5.32 Å². The summed E-state index contributed by atoms with van der Waals surface area (Å²) in [5.74, 6) is 0.0731. The van der Waals surface area contributed by atoms with Crippen LogP contribution in [0.3, 0.4) is 0 Å². The molecule has 2 nitrogen and oxygen atoms in total. The zero-order valence-electron chi connectivity index (χ0n) is 14.5. The second-order valence-corrected chi connectivity index (χ2v) is 7.58. The van der Waals surface area contributed by atoms with Gasteiger partial charge in [-0.3, -0.25) is 4.79 Å². The highest BCUT2D eigenvalue weighted by molar-refractivity contribution is 8.00. The molecule has 0 unspecified atom stereocenters. The number of nitrogens with one attached hydrogen (secondary N) is 1. The highest BCUT2D eigenvalue weighted by atomic mass is 32.2. The van der Waals surface area contributed by atoms with E-state index in [9.17, 15) is 4.79 Å². The normalized spacial score (nSPS) is 13.4. The van der Waals surface area contributed by atoms with Gasteiger partial charge in [-0.1, -0.05) is 41.5 Å². The molecule has 2 rings (SSSR count). The van der Waals surface area contributed by atoms with E-state index in [4.69, 9.17) is 0 Å². The lowest BCUT2D eigenvalue weighted by Crippen LogP contribution is -2.33. The van der Waals surface area contributed by atoms with E-state index in [2.05, 4.69) is 68.6 Å². The van der Waals surface area contributed by atoms with Crippen molar-refractivity contribution in [3.05, 3.63) is 64.7 Å². The van der Waals surface area contributed by atoms with Crippen LogP contribution < -0.4 is 5.32 Å². The summed E-state index contributed by atoms with van der Waals surface area (Å²) in [4.78, 5) is 13.6. The van der Waals surface area contributed by atoms with Crippen LogP contribution in [0.1, 0.15) is 42.1 Å². The van der Waals surface area contributed by atoms with Crippen molar-refractivity contribution in [2.75, 3.05) is 0 Å². The van der Waals surface area contributed by atoms with E-state index in [1.54, 1.807) is 11.8 Å². The molecule has 1 N–H and O–H groups in total. The van der Waals surface area contributed by atoms with Crippen molar-refractivity contribution in [3.63, 3.8) is 0 Å². The maximum absolute atomic E-state index is 12.5. The highest BCUT2D eigenvalue weighted by Crippen LogP contribution is 2.25. The predicted molar refractivity (Wildman–Crippen MR) is 99.0 cm³/mol. The zero-order valence-corrected chi connectivity index (χ0v) is 15.3. The van der Waals surface area contributed by atoms with Gasteiger partial charge in [0, 0.05) is 4.90 Å². The number of hydrogen-bond acceptors (Lipinski definition) is 2. The number of rotatable bonds is 5. The van der Waals surface area contributed by atoms with E-state index < -0.39 is 0 Å². The molecule has 0 aliphatic carbocycles. The summed E-state index contributed by atoms with van der Waals surface area (Å²) >= 11 is 1.59. The second kappa shape index (κ2) is 7.69.